The topological polar surface area (TPSA) is 92.6 Å². The van der Waals surface area contributed by atoms with Gasteiger partial charge in [0.1, 0.15) is 0 Å². The van der Waals surface area contributed by atoms with Gasteiger partial charge in [-0.15, -0.1) is 0 Å². The minimum atomic E-state index is -0.499. The van der Waals surface area contributed by atoms with Crippen LogP contribution >= 0.6 is 0 Å². The summed E-state index contributed by atoms with van der Waals surface area (Å²) in [5, 5.41) is 13.8. The van der Waals surface area contributed by atoms with Crippen LogP contribution in [0.25, 0.3) is 0 Å². The molecule has 0 bridgehead atoms. The summed E-state index contributed by atoms with van der Waals surface area (Å²) >= 11 is 0. The molecule has 0 aromatic heterocycles. The zero-order valence-electron chi connectivity index (χ0n) is 14.6. The summed E-state index contributed by atoms with van der Waals surface area (Å²) in [6.07, 6.45) is 1.08. The molecule has 0 saturated heterocycles. The SMILES string of the molecule is CCN1C(=O)CCc2cc(NC(=O)c3ccc(C)c([N+](=O)[O-])c3)ccc21. The third-order valence-corrected chi connectivity index (χ3v) is 4.52. The molecule has 0 atom stereocenters. The molecule has 0 radical (unpaired) electrons. The van der Waals surface area contributed by atoms with E-state index in [0.717, 1.165) is 11.3 Å². The number of rotatable bonds is 4. The molecule has 0 unspecified atom stereocenters. The van der Waals surface area contributed by atoms with Gasteiger partial charge < -0.3 is 10.2 Å². The summed E-state index contributed by atoms with van der Waals surface area (Å²) in [5.74, 6) is -0.309. The molecular formula is C19H19N3O4. The van der Waals surface area contributed by atoms with E-state index in [1.807, 2.05) is 19.1 Å². The molecule has 134 valence electrons. The predicted octanol–water partition coefficient (Wildman–Crippen LogP) is 3.45. The van der Waals surface area contributed by atoms with E-state index >= 15 is 0 Å². The summed E-state index contributed by atoms with van der Waals surface area (Å²) in [4.78, 5) is 36.7. The number of nitrogens with zero attached hydrogens (tertiary/aromatic N) is 2. The molecule has 0 saturated carbocycles. The monoisotopic (exact) mass is 353 g/mol. The maximum absolute atomic E-state index is 12.4. The lowest BCUT2D eigenvalue weighted by atomic mass is 10.0. The van der Waals surface area contributed by atoms with Crippen LogP contribution in [0.1, 0.15) is 34.8 Å². The Balaban J connectivity index is 1.84. The van der Waals surface area contributed by atoms with Crippen molar-refractivity contribution in [3.63, 3.8) is 0 Å². The van der Waals surface area contributed by atoms with E-state index < -0.39 is 10.8 Å². The lowest BCUT2D eigenvalue weighted by molar-refractivity contribution is -0.385. The number of aryl methyl sites for hydroxylation is 2. The molecule has 0 fully saturated rings. The smallest absolute Gasteiger partial charge is 0.273 e. The Kier molecular flexibility index (Phi) is 4.71. The maximum atomic E-state index is 12.4. The number of anilines is 2. The van der Waals surface area contributed by atoms with Crippen LogP contribution < -0.4 is 10.2 Å². The van der Waals surface area contributed by atoms with Crippen LogP contribution in [-0.2, 0) is 11.2 Å². The molecular weight excluding hydrogens is 334 g/mol. The molecule has 7 nitrogen and oxygen atoms in total. The van der Waals surface area contributed by atoms with E-state index in [-0.39, 0.29) is 17.2 Å². The summed E-state index contributed by atoms with van der Waals surface area (Å²) in [5.41, 5.74) is 3.12. The largest absolute Gasteiger partial charge is 0.322 e. The van der Waals surface area contributed by atoms with E-state index in [9.17, 15) is 19.7 Å². The Morgan fingerprint density at radius 1 is 1.23 bits per heavy atom. The summed E-state index contributed by atoms with van der Waals surface area (Å²) in [7, 11) is 0. The number of hydrogen-bond donors (Lipinski definition) is 1. The number of nitro benzene ring substituents is 1. The fourth-order valence-electron chi connectivity index (χ4n) is 3.14. The lowest BCUT2D eigenvalue weighted by Crippen LogP contribution is -2.34. The minimum absolute atomic E-state index is 0.0832. The number of hydrogen-bond acceptors (Lipinski definition) is 4. The second-order valence-electron chi connectivity index (χ2n) is 6.19. The summed E-state index contributed by atoms with van der Waals surface area (Å²) in [6, 6.07) is 9.81. The number of nitrogens with one attached hydrogen (secondary N) is 1. The molecule has 2 amide bonds. The fourth-order valence-corrected chi connectivity index (χ4v) is 3.14. The van der Waals surface area contributed by atoms with Crippen LogP contribution in [0.2, 0.25) is 0 Å². The van der Waals surface area contributed by atoms with E-state index in [0.29, 0.717) is 30.6 Å². The van der Waals surface area contributed by atoms with E-state index in [4.69, 9.17) is 0 Å². The average molecular weight is 353 g/mol. The highest BCUT2D eigenvalue weighted by Crippen LogP contribution is 2.30. The normalized spacial score (nSPS) is 13.3. The molecule has 0 aliphatic carbocycles. The third kappa shape index (κ3) is 3.28. The molecule has 1 heterocycles. The highest BCUT2D eigenvalue weighted by molar-refractivity contribution is 6.05. The van der Waals surface area contributed by atoms with Crippen molar-refractivity contribution < 1.29 is 14.5 Å². The predicted molar refractivity (Wildman–Crippen MR) is 98.6 cm³/mol. The minimum Gasteiger partial charge on any atom is -0.322 e. The molecule has 2 aromatic rings. The molecule has 26 heavy (non-hydrogen) atoms. The highest BCUT2D eigenvalue weighted by Gasteiger charge is 2.23. The number of amides is 2. The van der Waals surface area contributed by atoms with Crippen LogP contribution in [-0.4, -0.2) is 23.3 Å². The van der Waals surface area contributed by atoms with Crippen molar-refractivity contribution >= 4 is 28.9 Å². The van der Waals surface area contributed by atoms with Crippen molar-refractivity contribution in [2.75, 3.05) is 16.8 Å². The Morgan fingerprint density at radius 3 is 2.69 bits per heavy atom. The molecule has 2 aromatic carbocycles. The highest BCUT2D eigenvalue weighted by atomic mass is 16.6. The van der Waals surface area contributed by atoms with E-state index in [1.165, 1.54) is 6.07 Å². The van der Waals surface area contributed by atoms with Crippen LogP contribution in [0.3, 0.4) is 0 Å². The molecule has 0 spiro atoms. The first kappa shape index (κ1) is 17.6. The van der Waals surface area contributed by atoms with Crippen molar-refractivity contribution in [2.45, 2.75) is 26.7 Å². The van der Waals surface area contributed by atoms with Crippen LogP contribution in [0, 0.1) is 17.0 Å². The van der Waals surface area contributed by atoms with Gasteiger partial charge in [0.05, 0.1) is 4.92 Å². The van der Waals surface area contributed by atoms with Crippen molar-refractivity contribution in [2.24, 2.45) is 0 Å². The first-order valence-corrected chi connectivity index (χ1v) is 8.40. The lowest BCUT2D eigenvalue weighted by Gasteiger charge is -2.28. The van der Waals surface area contributed by atoms with Crippen molar-refractivity contribution in [3.8, 4) is 0 Å². The Labute approximate surface area is 150 Å². The Bertz CT molecular complexity index is 908. The van der Waals surface area contributed by atoms with E-state index in [1.54, 1.807) is 30.0 Å². The molecule has 1 aliphatic heterocycles. The number of benzene rings is 2. The number of carbonyl (C=O) groups excluding carboxylic acids is 2. The fraction of sp³-hybridized carbons (Fsp3) is 0.263. The maximum Gasteiger partial charge on any atom is 0.273 e. The molecule has 1 aliphatic rings. The Hall–Kier alpha value is -3.22. The zero-order valence-corrected chi connectivity index (χ0v) is 14.6. The van der Waals surface area contributed by atoms with Gasteiger partial charge in [0.25, 0.3) is 11.6 Å². The van der Waals surface area contributed by atoms with Gasteiger partial charge in [-0.05, 0) is 50.1 Å². The number of nitro groups is 1. The van der Waals surface area contributed by atoms with Crippen molar-refractivity contribution in [1.29, 1.82) is 0 Å². The van der Waals surface area contributed by atoms with Crippen molar-refractivity contribution in [1.82, 2.24) is 0 Å². The first-order chi connectivity index (χ1) is 12.4. The molecule has 1 N–H and O–H groups in total. The van der Waals surface area contributed by atoms with Crippen LogP contribution in [0.5, 0.6) is 0 Å². The zero-order chi connectivity index (χ0) is 18.8. The van der Waals surface area contributed by atoms with Crippen molar-refractivity contribution in [3.05, 3.63) is 63.2 Å². The molecule has 7 heteroatoms. The van der Waals surface area contributed by atoms with Gasteiger partial charge in [-0.2, -0.15) is 0 Å². The standard InChI is InChI=1S/C19H19N3O4/c1-3-21-16-8-7-15(10-13(16)6-9-18(21)23)20-19(24)14-5-4-12(2)17(11-14)22(25)26/h4-5,7-8,10-11H,3,6,9H2,1-2H3,(H,20,24). The van der Waals surface area contributed by atoms with Crippen LogP contribution in [0.15, 0.2) is 36.4 Å². The van der Waals surface area contributed by atoms with Gasteiger partial charge in [0.15, 0.2) is 0 Å². The van der Waals surface area contributed by atoms with Gasteiger partial charge >= 0.3 is 0 Å². The van der Waals surface area contributed by atoms with Gasteiger partial charge in [0.2, 0.25) is 5.91 Å². The van der Waals surface area contributed by atoms with Gasteiger partial charge in [-0.3, -0.25) is 19.7 Å². The summed E-state index contributed by atoms with van der Waals surface area (Å²) < 4.78 is 0. The van der Waals surface area contributed by atoms with Gasteiger partial charge in [0, 0.05) is 41.5 Å². The quantitative estimate of drug-likeness (QED) is 0.673. The number of carbonyl (C=O) groups is 2. The van der Waals surface area contributed by atoms with Crippen LogP contribution in [0.4, 0.5) is 17.1 Å². The van der Waals surface area contributed by atoms with Gasteiger partial charge in [-0.25, -0.2) is 0 Å². The van der Waals surface area contributed by atoms with Gasteiger partial charge in [-0.1, -0.05) is 6.07 Å². The first-order valence-electron chi connectivity index (χ1n) is 8.40. The number of fused-ring (bicyclic) bond motifs is 1. The van der Waals surface area contributed by atoms with E-state index in [2.05, 4.69) is 5.32 Å². The second-order valence-corrected chi connectivity index (χ2v) is 6.19. The molecule has 3 rings (SSSR count). The second kappa shape index (κ2) is 6.95. The Morgan fingerprint density at radius 2 is 2.00 bits per heavy atom. The average Bonchev–Trinajstić information content (AvgIpc) is 2.61. The third-order valence-electron chi connectivity index (χ3n) is 4.52. The summed E-state index contributed by atoms with van der Waals surface area (Å²) in [6.45, 7) is 4.15.